The van der Waals surface area contributed by atoms with Crippen molar-refractivity contribution in [2.45, 2.75) is 37.9 Å². The number of ether oxygens (including phenoxy) is 2. The summed E-state index contributed by atoms with van der Waals surface area (Å²) in [7, 11) is 2.41. The van der Waals surface area contributed by atoms with Gasteiger partial charge in [-0.2, -0.15) is 0 Å². The minimum absolute atomic E-state index is 0.279. The molecular weight excluding hydrogens is 187 g/mol. The lowest BCUT2D eigenvalue weighted by Crippen LogP contribution is -2.41. The SMILES string of the molecule is O=C1C=C(P)OC2(CCCCC2)O1. The predicted molar refractivity (Wildman–Crippen MR) is 50.8 cm³/mol. The highest BCUT2D eigenvalue weighted by atomic mass is 31.0. The number of carbonyl (C=O) groups is 1. The second-order valence-electron chi connectivity index (χ2n) is 3.54. The van der Waals surface area contributed by atoms with Crippen LogP contribution in [-0.4, -0.2) is 11.8 Å². The summed E-state index contributed by atoms with van der Waals surface area (Å²) in [6.07, 6.45) is 6.37. The van der Waals surface area contributed by atoms with E-state index in [0.29, 0.717) is 5.50 Å². The minimum atomic E-state index is -0.638. The van der Waals surface area contributed by atoms with Gasteiger partial charge in [-0.15, -0.1) is 0 Å². The predicted octanol–water partition coefficient (Wildman–Crippen LogP) is 1.94. The van der Waals surface area contributed by atoms with Crippen molar-refractivity contribution >= 4 is 15.2 Å². The van der Waals surface area contributed by atoms with Crippen molar-refractivity contribution < 1.29 is 14.3 Å². The van der Waals surface area contributed by atoms with Crippen molar-refractivity contribution in [2.24, 2.45) is 0 Å². The average molecular weight is 200 g/mol. The molecule has 72 valence electrons. The first-order chi connectivity index (χ1) is 6.20. The third kappa shape index (κ3) is 1.86. The van der Waals surface area contributed by atoms with Crippen molar-refractivity contribution in [1.82, 2.24) is 0 Å². The van der Waals surface area contributed by atoms with Gasteiger partial charge < -0.3 is 9.47 Å². The fourth-order valence-electron chi connectivity index (χ4n) is 1.89. The number of carbonyl (C=O) groups excluding carboxylic acids is 1. The van der Waals surface area contributed by atoms with E-state index in [1.807, 2.05) is 0 Å². The van der Waals surface area contributed by atoms with Crippen molar-refractivity contribution in [3.05, 3.63) is 11.6 Å². The highest BCUT2D eigenvalue weighted by Crippen LogP contribution is 2.38. The molecular formula is C9H13O3P. The van der Waals surface area contributed by atoms with Crippen LogP contribution in [0.4, 0.5) is 0 Å². The molecule has 0 amide bonds. The lowest BCUT2D eigenvalue weighted by atomic mass is 9.94. The van der Waals surface area contributed by atoms with Crippen molar-refractivity contribution in [2.75, 3.05) is 0 Å². The molecule has 0 N–H and O–H groups in total. The van der Waals surface area contributed by atoms with Crippen molar-refractivity contribution in [3.8, 4) is 0 Å². The normalized spacial score (nSPS) is 26.2. The Balaban J connectivity index is 2.15. The van der Waals surface area contributed by atoms with Gasteiger partial charge in [0, 0.05) is 12.8 Å². The zero-order valence-electron chi connectivity index (χ0n) is 7.41. The summed E-state index contributed by atoms with van der Waals surface area (Å²) in [5.41, 5.74) is 0.596. The molecule has 2 rings (SSSR count). The molecule has 1 heterocycles. The molecule has 1 aliphatic carbocycles. The monoisotopic (exact) mass is 200 g/mol. The van der Waals surface area contributed by atoms with E-state index in [-0.39, 0.29) is 5.97 Å². The molecule has 0 radical (unpaired) electrons. The first kappa shape index (κ1) is 9.01. The maximum atomic E-state index is 11.2. The van der Waals surface area contributed by atoms with E-state index in [1.165, 1.54) is 12.5 Å². The third-order valence-electron chi connectivity index (χ3n) is 2.47. The van der Waals surface area contributed by atoms with E-state index >= 15 is 0 Å². The molecule has 1 fully saturated rings. The van der Waals surface area contributed by atoms with Gasteiger partial charge in [-0.05, 0) is 12.8 Å². The summed E-state index contributed by atoms with van der Waals surface area (Å²) in [6, 6.07) is 0. The van der Waals surface area contributed by atoms with E-state index in [0.717, 1.165) is 25.7 Å². The van der Waals surface area contributed by atoms with E-state index in [1.54, 1.807) is 0 Å². The topological polar surface area (TPSA) is 35.5 Å². The molecule has 1 unspecified atom stereocenters. The maximum Gasteiger partial charge on any atom is 0.337 e. The maximum absolute atomic E-state index is 11.2. The number of esters is 1. The molecule has 1 aliphatic heterocycles. The van der Waals surface area contributed by atoms with Gasteiger partial charge in [0.15, 0.2) is 0 Å². The van der Waals surface area contributed by atoms with E-state index < -0.39 is 5.79 Å². The third-order valence-corrected chi connectivity index (χ3v) is 2.75. The van der Waals surface area contributed by atoms with Crippen LogP contribution in [0, 0.1) is 0 Å². The van der Waals surface area contributed by atoms with Gasteiger partial charge in [0.2, 0.25) is 0 Å². The Labute approximate surface area is 79.7 Å². The molecule has 0 bridgehead atoms. The number of hydrogen-bond donors (Lipinski definition) is 0. The molecule has 3 nitrogen and oxygen atoms in total. The van der Waals surface area contributed by atoms with Crippen LogP contribution in [0.2, 0.25) is 0 Å². The van der Waals surface area contributed by atoms with Crippen LogP contribution in [0.3, 0.4) is 0 Å². The summed E-state index contributed by atoms with van der Waals surface area (Å²) >= 11 is 0. The smallest absolute Gasteiger partial charge is 0.337 e. The Morgan fingerprint density at radius 3 is 2.54 bits per heavy atom. The summed E-state index contributed by atoms with van der Waals surface area (Å²) in [5.74, 6) is -0.917. The summed E-state index contributed by atoms with van der Waals surface area (Å²) in [6.45, 7) is 0. The Morgan fingerprint density at radius 1 is 1.23 bits per heavy atom. The Hall–Kier alpha value is -0.560. The quantitative estimate of drug-likeness (QED) is 0.442. The van der Waals surface area contributed by atoms with Gasteiger partial charge in [-0.3, -0.25) is 0 Å². The van der Waals surface area contributed by atoms with Gasteiger partial charge in [0.05, 0.1) is 6.08 Å². The fraction of sp³-hybridized carbons (Fsp3) is 0.667. The largest absolute Gasteiger partial charge is 0.452 e. The van der Waals surface area contributed by atoms with Crippen LogP contribution in [0.15, 0.2) is 11.6 Å². The van der Waals surface area contributed by atoms with Gasteiger partial charge in [-0.25, -0.2) is 4.79 Å². The minimum Gasteiger partial charge on any atom is -0.452 e. The summed E-state index contributed by atoms with van der Waals surface area (Å²) in [5, 5.41) is 0. The van der Waals surface area contributed by atoms with Crippen LogP contribution in [0.1, 0.15) is 32.1 Å². The molecule has 1 spiro atoms. The van der Waals surface area contributed by atoms with Crippen molar-refractivity contribution in [1.29, 1.82) is 0 Å². The Morgan fingerprint density at radius 2 is 1.92 bits per heavy atom. The standard InChI is InChI=1S/C9H13O3P/c10-7-6-8(13)12-9(11-7)4-2-1-3-5-9/h6H,1-5,13H2. The molecule has 2 aliphatic rings. The van der Waals surface area contributed by atoms with E-state index in [4.69, 9.17) is 9.47 Å². The van der Waals surface area contributed by atoms with Crippen LogP contribution >= 0.6 is 9.24 Å². The molecule has 0 saturated heterocycles. The van der Waals surface area contributed by atoms with E-state index in [9.17, 15) is 4.79 Å². The van der Waals surface area contributed by atoms with Crippen LogP contribution < -0.4 is 0 Å². The zero-order chi connectivity index (χ0) is 9.31. The molecule has 0 aromatic heterocycles. The highest BCUT2D eigenvalue weighted by Gasteiger charge is 2.40. The van der Waals surface area contributed by atoms with Crippen molar-refractivity contribution in [3.63, 3.8) is 0 Å². The number of hydrogen-bond acceptors (Lipinski definition) is 3. The lowest BCUT2D eigenvalue weighted by Gasteiger charge is -2.38. The Kier molecular flexibility index (Phi) is 2.29. The van der Waals surface area contributed by atoms with Gasteiger partial charge in [-0.1, -0.05) is 15.7 Å². The molecule has 1 atom stereocenters. The van der Waals surface area contributed by atoms with Gasteiger partial charge in [0.25, 0.3) is 5.79 Å². The molecule has 4 heteroatoms. The highest BCUT2D eigenvalue weighted by molar-refractivity contribution is 7.22. The summed E-state index contributed by atoms with van der Waals surface area (Å²) in [4.78, 5) is 11.2. The zero-order valence-corrected chi connectivity index (χ0v) is 8.57. The molecule has 1 saturated carbocycles. The van der Waals surface area contributed by atoms with Gasteiger partial charge in [0.1, 0.15) is 5.50 Å². The number of rotatable bonds is 0. The van der Waals surface area contributed by atoms with Crippen LogP contribution in [0.25, 0.3) is 0 Å². The first-order valence-electron chi connectivity index (χ1n) is 4.59. The summed E-state index contributed by atoms with van der Waals surface area (Å²) < 4.78 is 10.8. The molecule has 13 heavy (non-hydrogen) atoms. The fourth-order valence-corrected chi connectivity index (χ4v) is 2.24. The Bertz CT molecular complexity index is 254. The molecule has 0 aromatic carbocycles. The second-order valence-corrected chi connectivity index (χ2v) is 4.11. The average Bonchev–Trinajstić information content (AvgIpc) is 2.02. The van der Waals surface area contributed by atoms with E-state index in [2.05, 4.69) is 9.24 Å². The van der Waals surface area contributed by atoms with Gasteiger partial charge >= 0.3 is 5.97 Å². The van der Waals surface area contributed by atoms with Crippen LogP contribution in [-0.2, 0) is 14.3 Å². The lowest BCUT2D eigenvalue weighted by molar-refractivity contribution is -0.228. The second kappa shape index (κ2) is 3.30. The first-order valence-corrected chi connectivity index (χ1v) is 5.17. The van der Waals surface area contributed by atoms with Crippen LogP contribution in [0.5, 0.6) is 0 Å². The molecule has 0 aromatic rings.